The molecule has 1 fully saturated rings. The maximum absolute atomic E-state index is 10.8. The van der Waals surface area contributed by atoms with Crippen LogP contribution in [0.3, 0.4) is 0 Å². The first kappa shape index (κ1) is 9.59. The van der Waals surface area contributed by atoms with Crippen LogP contribution in [0.5, 0.6) is 0 Å². The van der Waals surface area contributed by atoms with E-state index in [1.54, 1.807) is 18.2 Å². The quantitative estimate of drug-likeness (QED) is 0.856. The highest BCUT2D eigenvalue weighted by atomic mass is 32.1. The fourth-order valence-electron chi connectivity index (χ4n) is 1.52. The van der Waals surface area contributed by atoms with Crippen molar-refractivity contribution in [1.82, 2.24) is 4.98 Å². The average molecular weight is 234 g/mol. The lowest BCUT2D eigenvalue weighted by Crippen LogP contribution is -1.99. The Kier molecular flexibility index (Phi) is 2.07. The van der Waals surface area contributed by atoms with Gasteiger partial charge in [-0.25, -0.2) is 9.78 Å². The highest BCUT2D eigenvalue weighted by Gasteiger charge is 2.22. The van der Waals surface area contributed by atoms with Gasteiger partial charge in [0.25, 0.3) is 0 Å². The third-order valence-corrected chi connectivity index (χ3v) is 3.49. The van der Waals surface area contributed by atoms with E-state index in [2.05, 4.69) is 10.3 Å². The number of benzene rings is 1. The van der Waals surface area contributed by atoms with Crippen LogP contribution in [0.1, 0.15) is 23.2 Å². The molecule has 3 rings (SSSR count). The Labute approximate surface area is 95.9 Å². The number of aromatic carboxylic acids is 1. The molecule has 0 unspecified atom stereocenters. The Morgan fingerprint density at radius 1 is 1.50 bits per heavy atom. The SMILES string of the molecule is O=C(O)c1ccc2nc(NC3CC3)sc2c1. The number of fused-ring (bicyclic) bond motifs is 1. The summed E-state index contributed by atoms with van der Waals surface area (Å²) in [6, 6.07) is 5.59. The van der Waals surface area contributed by atoms with Crippen LogP contribution in [0.4, 0.5) is 5.13 Å². The number of carboxylic acids is 1. The molecule has 82 valence electrons. The summed E-state index contributed by atoms with van der Waals surface area (Å²) in [5.74, 6) is -0.896. The zero-order valence-electron chi connectivity index (χ0n) is 8.43. The number of aromatic nitrogens is 1. The van der Waals surface area contributed by atoms with Crippen LogP contribution in [0.2, 0.25) is 0 Å². The van der Waals surface area contributed by atoms with Gasteiger partial charge >= 0.3 is 5.97 Å². The molecule has 1 heterocycles. The smallest absolute Gasteiger partial charge is 0.335 e. The summed E-state index contributed by atoms with van der Waals surface area (Å²) in [5.41, 5.74) is 1.17. The molecular formula is C11H10N2O2S. The summed E-state index contributed by atoms with van der Waals surface area (Å²) in [4.78, 5) is 15.2. The van der Waals surface area contributed by atoms with Gasteiger partial charge in [-0.05, 0) is 31.0 Å². The van der Waals surface area contributed by atoms with Crippen LogP contribution >= 0.6 is 11.3 Å². The number of thiazole rings is 1. The predicted octanol–water partition coefficient (Wildman–Crippen LogP) is 2.57. The van der Waals surface area contributed by atoms with Crippen molar-refractivity contribution >= 4 is 32.7 Å². The molecule has 0 radical (unpaired) electrons. The van der Waals surface area contributed by atoms with E-state index in [0.717, 1.165) is 15.3 Å². The molecule has 0 aliphatic heterocycles. The Morgan fingerprint density at radius 2 is 2.31 bits per heavy atom. The van der Waals surface area contributed by atoms with Crippen LogP contribution in [0, 0.1) is 0 Å². The predicted molar refractivity (Wildman–Crippen MR) is 63.2 cm³/mol. The van der Waals surface area contributed by atoms with Gasteiger partial charge in [0.2, 0.25) is 0 Å². The zero-order valence-corrected chi connectivity index (χ0v) is 9.25. The summed E-state index contributed by atoms with van der Waals surface area (Å²) in [6.45, 7) is 0. The first-order valence-corrected chi connectivity index (χ1v) is 5.94. The van der Waals surface area contributed by atoms with Gasteiger partial charge in [0.15, 0.2) is 5.13 Å². The molecule has 1 saturated carbocycles. The molecule has 4 nitrogen and oxygen atoms in total. The Morgan fingerprint density at radius 3 is 3.00 bits per heavy atom. The molecule has 1 aromatic heterocycles. The van der Waals surface area contributed by atoms with Gasteiger partial charge in [-0.15, -0.1) is 0 Å². The minimum absolute atomic E-state index is 0.314. The first-order valence-electron chi connectivity index (χ1n) is 5.13. The van der Waals surface area contributed by atoms with Gasteiger partial charge in [0.1, 0.15) is 0 Å². The van der Waals surface area contributed by atoms with Gasteiger partial charge in [0.05, 0.1) is 15.8 Å². The molecule has 16 heavy (non-hydrogen) atoms. The minimum Gasteiger partial charge on any atom is -0.478 e. The van der Waals surface area contributed by atoms with E-state index < -0.39 is 5.97 Å². The third kappa shape index (κ3) is 1.74. The molecule has 0 spiro atoms. The second-order valence-corrected chi connectivity index (χ2v) is 4.96. The number of nitrogens with one attached hydrogen (secondary N) is 1. The van der Waals surface area contributed by atoms with Crippen molar-refractivity contribution in [3.63, 3.8) is 0 Å². The van der Waals surface area contributed by atoms with E-state index >= 15 is 0 Å². The largest absolute Gasteiger partial charge is 0.478 e. The monoisotopic (exact) mass is 234 g/mol. The fourth-order valence-corrected chi connectivity index (χ4v) is 2.50. The third-order valence-electron chi connectivity index (χ3n) is 2.54. The number of carboxylic acid groups (broad SMARTS) is 1. The molecule has 2 aromatic rings. The summed E-state index contributed by atoms with van der Waals surface area (Å²) >= 11 is 1.51. The average Bonchev–Trinajstić information content (AvgIpc) is 2.96. The van der Waals surface area contributed by atoms with Crippen LogP contribution in [0.15, 0.2) is 18.2 Å². The number of rotatable bonds is 3. The minimum atomic E-state index is -0.896. The van der Waals surface area contributed by atoms with E-state index in [4.69, 9.17) is 5.11 Å². The van der Waals surface area contributed by atoms with E-state index in [0.29, 0.717) is 11.6 Å². The van der Waals surface area contributed by atoms with Crippen LogP contribution in [-0.2, 0) is 0 Å². The molecule has 0 bridgehead atoms. The second kappa shape index (κ2) is 3.45. The Hall–Kier alpha value is -1.62. The maximum atomic E-state index is 10.8. The molecule has 1 aliphatic carbocycles. The lowest BCUT2D eigenvalue weighted by molar-refractivity contribution is 0.0697. The summed E-state index contributed by atoms with van der Waals surface area (Å²) in [7, 11) is 0. The van der Waals surface area contributed by atoms with Crippen molar-refractivity contribution in [1.29, 1.82) is 0 Å². The molecule has 0 atom stereocenters. The molecule has 5 heteroatoms. The van der Waals surface area contributed by atoms with Crippen LogP contribution < -0.4 is 5.32 Å². The number of hydrogen-bond acceptors (Lipinski definition) is 4. The molecule has 0 amide bonds. The van der Waals surface area contributed by atoms with Crippen molar-refractivity contribution in [3.8, 4) is 0 Å². The van der Waals surface area contributed by atoms with Crippen molar-refractivity contribution < 1.29 is 9.90 Å². The molecule has 1 aromatic carbocycles. The van der Waals surface area contributed by atoms with Gasteiger partial charge in [-0.1, -0.05) is 11.3 Å². The normalized spacial score (nSPS) is 15.2. The Bertz CT molecular complexity index is 560. The molecule has 0 saturated heterocycles. The van der Waals surface area contributed by atoms with Crippen molar-refractivity contribution in [3.05, 3.63) is 23.8 Å². The van der Waals surface area contributed by atoms with Crippen LogP contribution in [0.25, 0.3) is 10.2 Å². The highest BCUT2D eigenvalue weighted by Crippen LogP contribution is 2.31. The van der Waals surface area contributed by atoms with E-state index in [1.807, 2.05) is 0 Å². The van der Waals surface area contributed by atoms with Gasteiger partial charge in [0, 0.05) is 6.04 Å². The lowest BCUT2D eigenvalue weighted by Gasteiger charge is -1.94. The van der Waals surface area contributed by atoms with Crippen molar-refractivity contribution in [2.24, 2.45) is 0 Å². The number of hydrogen-bond donors (Lipinski definition) is 2. The maximum Gasteiger partial charge on any atom is 0.335 e. The molecule has 1 aliphatic rings. The van der Waals surface area contributed by atoms with E-state index in [9.17, 15) is 4.79 Å². The first-order chi connectivity index (χ1) is 7.72. The second-order valence-electron chi connectivity index (χ2n) is 3.93. The van der Waals surface area contributed by atoms with Gasteiger partial charge < -0.3 is 10.4 Å². The summed E-state index contributed by atoms with van der Waals surface area (Å²) in [6.07, 6.45) is 2.41. The Balaban J connectivity index is 1.99. The summed E-state index contributed by atoms with van der Waals surface area (Å²) in [5, 5.41) is 13.1. The number of anilines is 1. The lowest BCUT2D eigenvalue weighted by atomic mass is 10.2. The van der Waals surface area contributed by atoms with Crippen molar-refractivity contribution in [2.45, 2.75) is 18.9 Å². The number of nitrogens with zero attached hydrogens (tertiary/aromatic N) is 1. The molecular weight excluding hydrogens is 224 g/mol. The fraction of sp³-hybridized carbons (Fsp3) is 0.273. The standard InChI is InChI=1S/C11H10N2O2S/c14-10(15)6-1-4-8-9(5-6)16-11(13-8)12-7-2-3-7/h1,4-5,7H,2-3H2,(H,12,13)(H,14,15). The topological polar surface area (TPSA) is 62.2 Å². The zero-order chi connectivity index (χ0) is 11.1. The van der Waals surface area contributed by atoms with Gasteiger partial charge in [-0.3, -0.25) is 0 Å². The highest BCUT2D eigenvalue weighted by molar-refractivity contribution is 7.22. The molecule has 2 N–H and O–H groups in total. The van der Waals surface area contributed by atoms with E-state index in [1.165, 1.54) is 24.2 Å². The van der Waals surface area contributed by atoms with Crippen molar-refractivity contribution in [2.75, 3.05) is 5.32 Å². The van der Waals surface area contributed by atoms with Gasteiger partial charge in [-0.2, -0.15) is 0 Å². The van der Waals surface area contributed by atoms with E-state index in [-0.39, 0.29) is 0 Å². The van der Waals surface area contributed by atoms with Crippen LogP contribution in [-0.4, -0.2) is 22.1 Å². The number of carbonyl (C=O) groups is 1. The summed E-state index contributed by atoms with van der Waals surface area (Å²) < 4.78 is 0.919.